The van der Waals surface area contributed by atoms with Gasteiger partial charge in [0, 0.05) is 31.9 Å². The van der Waals surface area contributed by atoms with Crippen LogP contribution in [0.1, 0.15) is 26.0 Å². The van der Waals surface area contributed by atoms with Gasteiger partial charge in [-0.3, -0.25) is 0 Å². The van der Waals surface area contributed by atoms with Gasteiger partial charge in [-0.05, 0) is 20.3 Å². The van der Waals surface area contributed by atoms with Crippen molar-refractivity contribution in [3.8, 4) is 0 Å². The number of hydrogen-bond acceptors (Lipinski definition) is 4. The standard InChI is InChI=1S/C11H20N4/c1-5-7-15(6-2)10-8-9(3)13-11(12-4)14-10/h8H,5-7H2,1-4H3,(H,12,13,14). The molecule has 1 rings (SSSR count). The van der Waals surface area contributed by atoms with Gasteiger partial charge >= 0.3 is 0 Å². The zero-order valence-corrected chi connectivity index (χ0v) is 10.0. The lowest BCUT2D eigenvalue weighted by molar-refractivity contribution is 0.775. The Balaban J connectivity index is 2.95. The molecule has 0 bridgehead atoms. The smallest absolute Gasteiger partial charge is 0.224 e. The maximum atomic E-state index is 4.45. The molecule has 1 N–H and O–H groups in total. The van der Waals surface area contributed by atoms with Crippen LogP contribution in [-0.4, -0.2) is 30.1 Å². The van der Waals surface area contributed by atoms with Crippen molar-refractivity contribution in [2.75, 3.05) is 30.4 Å². The molecule has 0 saturated carbocycles. The molecule has 0 aliphatic carbocycles. The van der Waals surface area contributed by atoms with E-state index in [-0.39, 0.29) is 0 Å². The van der Waals surface area contributed by atoms with Gasteiger partial charge in [-0.25, -0.2) is 4.98 Å². The molecular formula is C11H20N4. The molecule has 0 aromatic carbocycles. The van der Waals surface area contributed by atoms with Crippen LogP contribution in [-0.2, 0) is 0 Å². The number of anilines is 2. The molecule has 1 aromatic heterocycles. The third kappa shape index (κ3) is 3.08. The predicted octanol–water partition coefficient (Wildman–Crippen LogP) is 2.06. The second-order valence-corrected chi connectivity index (χ2v) is 3.52. The third-order valence-corrected chi connectivity index (χ3v) is 2.26. The Kier molecular flexibility index (Phi) is 4.34. The summed E-state index contributed by atoms with van der Waals surface area (Å²) in [6, 6.07) is 2.03. The highest BCUT2D eigenvalue weighted by molar-refractivity contribution is 5.44. The zero-order valence-electron chi connectivity index (χ0n) is 10.0. The topological polar surface area (TPSA) is 41.1 Å². The lowest BCUT2D eigenvalue weighted by Gasteiger charge is -2.21. The first-order chi connectivity index (χ1) is 7.21. The molecule has 0 saturated heterocycles. The minimum Gasteiger partial charge on any atom is -0.357 e. The number of nitrogens with zero attached hydrogens (tertiary/aromatic N) is 3. The monoisotopic (exact) mass is 208 g/mol. The summed E-state index contributed by atoms with van der Waals surface area (Å²) in [4.78, 5) is 11.0. The summed E-state index contributed by atoms with van der Waals surface area (Å²) >= 11 is 0. The van der Waals surface area contributed by atoms with E-state index in [4.69, 9.17) is 0 Å². The molecular weight excluding hydrogens is 188 g/mol. The summed E-state index contributed by atoms with van der Waals surface area (Å²) in [6.07, 6.45) is 1.13. The highest BCUT2D eigenvalue weighted by atomic mass is 15.2. The van der Waals surface area contributed by atoms with Crippen LogP contribution < -0.4 is 10.2 Å². The van der Waals surface area contributed by atoms with E-state index in [0.717, 1.165) is 31.0 Å². The Hall–Kier alpha value is -1.32. The van der Waals surface area contributed by atoms with Crippen molar-refractivity contribution >= 4 is 11.8 Å². The van der Waals surface area contributed by atoms with Gasteiger partial charge in [-0.15, -0.1) is 0 Å². The predicted molar refractivity (Wildman–Crippen MR) is 64.5 cm³/mol. The molecule has 84 valence electrons. The zero-order chi connectivity index (χ0) is 11.3. The van der Waals surface area contributed by atoms with E-state index in [1.807, 2.05) is 20.0 Å². The van der Waals surface area contributed by atoms with E-state index < -0.39 is 0 Å². The molecule has 0 unspecified atom stereocenters. The van der Waals surface area contributed by atoms with Gasteiger partial charge in [0.15, 0.2) is 0 Å². The largest absolute Gasteiger partial charge is 0.357 e. The van der Waals surface area contributed by atoms with Crippen LogP contribution in [0.5, 0.6) is 0 Å². The van der Waals surface area contributed by atoms with Gasteiger partial charge in [0.05, 0.1) is 0 Å². The second-order valence-electron chi connectivity index (χ2n) is 3.52. The number of nitrogens with one attached hydrogen (secondary N) is 1. The van der Waals surface area contributed by atoms with E-state index in [2.05, 4.69) is 34.0 Å². The quantitative estimate of drug-likeness (QED) is 0.804. The minimum atomic E-state index is 0.694. The van der Waals surface area contributed by atoms with Crippen molar-refractivity contribution in [1.29, 1.82) is 0 Å². The molecule has 4 nitrogen and oxygen atoms in total. The highest BCUT2D eigenvalue weighted by Crippen LogP contribution is 2.14. The van der Waals surface area contributed by atoms with E-state index in [9.17, 15) is 0 Å². The second kappa shape index (κ2) is 5.53. The molecule has 1 aromatic rings. The normalized spacial score (nSPS) is 10.1. The molecule has 4 heteroatoms. The van der Waals surface area contributed by atoms with Gasteiger partial charge in [0.25, 0.3) is 0 Å². The lowest BCUT2D eigenvalue weighted by Crippen LogP contribution is -2.25. The summed E-state index contributed by atoms with van der Waals surface area (Å²) < 4.78 is 0. The van der Waals surface area contributed by atoms with Crippen LogP contribution in [0.25, 0.3) is 0 Å². The molecule has 0 amide bonds. The van der Waals surface area contributed by atoms with Gasteiger partial charge in [-0.1, -0.05) is 6.92 Å². The lowest BCUT2D eigenvalue weighted by atomic mass is 10.3. The van der Waals surface area contributed by atoms with Crippen molar-refractivity contribution in [2.45, 2.75) is 27.2 Å². The van der Waals surface area contributed by atoms with E-state index in [1.54, 1.807) is 0 Å². The fourth-order valence-corrected chi connectivity index (χ4v) is 1.53. The molecule has 0 aliphatic rings. The number of aromatic nitrogens is 2. The van der Waals surface area contributed by atoms with Crippen molar-refractivity contribution in [2.24, 2.45) is 0 Å². The molecule has 1 heterocycles. The van der Waals surface area contributed by atoms with Crippen LogP contribution in [0.3, 0.4) is 0 Å². The van der Waals surface area contributed by atoms with E-state index >= 15 is 0 Å². The van der Waals surface area contributed by atoms with Gasteiger partial charge < -0.3 is 10.2 Å². The highest BCUT2D eigenvalue weighted by Gasteiger charge is 2.07. The summed E-state index contributed by atoms with van der Waals surface area (Å²) in [5.41, 5.74) is 0.999. The fraction of sp³-hybridized carbons (Fsp3) is 0.636. The Labute approximate surface area is 91.7 Å². The summed E-state index contributed by atoms with van der Waals surface area (Å²) in [5.74, 6) is 1.70. The van der Waals surface area contributed by atoms with Crippen molar-refractivity contribution < 1.29 is 0 Å². The fourth-order valence-electron chi connectivity index (χ4n) is 1.53. The van der Waals surface area contributed by atoms with Crippen LogP contribution in [0.2, 0.25) is 0 Å². The Morgan fingerprint density at radius 3 is 2.60 bits per heavy atom. The first-order valence-electron chi connectivity index (χ1n) is 5.49. The molecule has 0 spiro atoms. The Morgan fingerprint density at radius 1 is 1.33 bits per heavy atom. The average Bonchev–Trinajstić information content (AvgIpc) is 2.24. The molecule has 0 radical (unpaired) electrons. The van der Waals surface area contributed by atoms with Crippen molar-refractivity contribution in [1.82, 2.24) is 9.97 Å². The molecule has 0 atom stereocenters. The van der Waals surface area contributed by atoms with Gasteiger partial charge in [0.1, 0.15) is 5.82 Å². The maximum absolute atomic E-state index is 4.45. The third-order valence-electron chi connectivity index (χ3n) is 2.26. The van der Waals surface area contributed by atoms with Crippen LogP contribution in [0.15, 0.2) is 6.07 Å². The molecule has 0 aliphatic heterocycles. The summed E-state index contributed by atoms with van der Waals surface area (Å²) in [7, 11) is 1.84. The Morgan fingerprint density at radius 2 is 2.07 bits per heavy atom. The number of rotatable bonds is 5. The van der Waals surface area contributed by atoms with Crippen molar-refractivity contribution in [3.05, 3.63) is 11.8 Å². The summed E-state index contributed by atoms with van der Waals surface area (Å²) in [5, 5.41) is 2.98. The van der Waals surface area contributed by atoms with Crippen LogP contribution >= 0.6 is 0 Å². The van der Waals surface area contributed by atoms with Gasteiger partial charge in [-0.2, -0.15) is 4.98 Å². The molecule has 0 fully saturated rings. The minimum absolute atomic E-state index is 0.694. The van der Waals surface area contributed by atoms with Crippen LogP contribution in [0.4, 0.5) is 11.8 Å². The van der Waals surface area contributed by atoms with E-state index in [0.29, 0.717) is 5.95 Å². The average molecular weight is 208 g/mol. The van der Waals surface area contributed by atoms with Crippen LogP contribution in [0, 0.1) is 6.92 Å². The summed E-state index contributed by atoms with van der Waals surface area (Å²) in [6.45, 7) is 8.33. The van der Waals surface area contributed by atoms with E-state index in [1.165, 1.54) is 0 Å². The maximum Gasteiger partial charge on any atom is 0.224 e. The number of hydrogen-bond donors (Lipinski definition) is 1. The molecule has 15 heavy (non-hydrogen) atoms. The van der Waals surface area contributed by atoms with Gasteiger partial charge in [0.2, 0.25) is 5.95 Å². The first-order valence-corrected chi connectivity index (χ1v) is 5.49. The first kappa shape index (κ1) is 11.8. The van der Waals surface area contributed by atoms with Crippen molar-refractivity contribution in [3.63, 3.8) is 0 Å². The Bertz CT molecular complexity index is 311. The number of aryl methyl sites for hydroxylation is 1. The SMILES string of the molecule is CCCN(CC)c1cc(C)nc(NC)n1.